The third-order valence-electron chi connectivity index (χ3n) is 9.66. The first-order chi connectivity index (χ1) is 24.7. The molecule has 0 saturated heterocycles. The summed E-state index contributed by atoms with van der Waals surface area (Å²) in [5.74, 6) is 1.20. The fourth-order valence-electron chi connectivity index (χ4n) is 7.29. The number of rotatable bonds is 4. The van der Waals surface area contributed by atoms with E-state index in [9.17, 15) is 0 Å². The van der Waals surface area contributed by atoms with Crippen LogP contribution >= 0.6 is 11.3 Å². The molecule has 0 aliphatic carbocycles. The summed E-state index contributed by atoms with van der Waals surface area (Å²) in [6.07, 6.45) is 0. The molecular weight excluding hydrogens is 635 g/mol. The van der Waals surface area contributed by atoms with Gasteiger partial charge in [0.1, 0.15) is 11.0 Å². The molecule has 0 fully saturated rings. The lowest BCUT2D eigenvalue weighted by Crippen LogP contribution is -1.94. The molecule has 0 radical (unpaired) electrons. The van der Waals surface area contributed by atoms with E-state index in [1.165, 1.54) is 31.3 Å². The van der Waals surface area contributed by atoms with E-state index in [4.69, 9.17) is 18.8 Å². The summed E-state index contributed by atoms with van der Waals surface area (Å²) in [5, 5.41) is 4.78. The van der Waals surface area contributed by atoms with Crippen LogP contribution < -0.4 is 0 Å². The fraction of sp³-hybridized carbons (Fsp3) is 0. The van der Waals surface area contributed by atoms with Crippen LogP contribution in [-0.2, 0) is 0 Å². The van der Waals surface area contributed by atoms with Crippen molar-refractivity contribution in [3.8, 4) is 39.7 Å². The lowest BCUT2D eigenvalue weighted by molar-refractivity contribution is 0.619. The average molecular weight is 660 g/mol. The Morgan fingerprint density at radius 1 is 0.420 bits per heavy atom. The van der Waals surface area contributed by atoms with Crippen molar-refractivity contribution in [3.63, 3.8) is 0 Å². The highest BCUT2D eigenvalue weighted by molar-refractivity contribution is 7.25. The van der Waals surface area contributed by atoms with Gasteiger partial charge in [0, 0.05) is 47.8 Å². The van der Waals surface area contributed by atoms with E-state index in [0.717, 1.165) is 60.8 Å². The van der Waals surface area contributed by atoms with Gasteiger partial charge in [-0.15, -0.1) is 11.3 Å². The Morgan fingerprint density at radius 2 is 0.980 bits per heavy atom. The topological polar surface area (TPSA) is 57.0 Å². The van der Waals surface area contributed by atoms with Gasteiger partial charge in [-0.1, -0.05) is 60.7 Å². The molecule has 50 heavy (non-hydrogen) atoms. The van der Waals surface area contributed by atoms with E-state index in [-0.39, 0.29) is 0 Å². The standard InChI is InChI=1S/C44H25N3O2S/c1-6-15-41-31(10-1)34-23-27(18-21-42(34)50-41)26-8-7-9-30(22-26)47-37-19-16-28(43-45-35-11-2-4-13-39(35)48-43)24-32(37)33-25-29(17-20-38(33)47)44-46-36-12-3-5-14-40(36)49-44/h1-25H. The summed E-state index contributed by atoms with van der Waals surface area (Å²) < 4.78 is 17.4. The van der Waals surface area contributed by atoms with Crippen molar-refractivity contribution in [2.45, 2.75) is 0 Å². The summed E-state index contributed by atoms with van der Waals surface area (Å²) in [6, 6.07) is 53.0. The van der Waals surface area contributed by atoms with Crippen molar-refractivity contribution >= 4 is 75.5 Å². The normalized spacial score (nSPS) is 12.0. The maximum absolute atomic E-state index is 6.21. The average Bonchev–Trinajstić information content (AvgIpc) is 3.95. The molecule has 4 aromatic heterocycles. The predicted octanol–water partition coefficient (Wildman–Crippen LogP) is 12.4. The predicted molar refractivity (Wildman–Crippen MR) is 205 cm³/mol. The van der Waals surface area contributed by atoms with Crippen LogP contribution in [-0.4, -0.2) is 14.5 Å². The van der Waals surface area contributed by atoms with Crippen molar-refractivity contribution in [3.05, 3.63) is 152 Å². The first-order valence-corrected chi connectivity index (χ1v) is 17.4. The number of hydrogen-bond acceptors (Lipinski definition) is 5. The first kappa shape index (κ1) is 27.5. The van der Waals surface area contributed by atoms with E-state index < -0.39 is 0 Å². The van der Waals surface area contributed by atoms with Gasteiger partial charge in [0.2, 0.25) is 11.8 Å². The number of thiophene rings is 1. The van der Waals surface area contributed by atoms with Crippen LogP contribution in [0.5, 0.6) is 0 Å². The molecule has 0 saturated carbocycles. The van der Waals surface area contributed by atoms with Crippen LogP contribution in [0.15, 0.2) is 160 Å². The number of hydrogen-bond donors (Lipinski definition) is 0. The molecule has 7 aromatic carbocycles. The molecule has 0 aliphatic rings. The molecule has 6 heteroatoms. The van der Waals surface area contributed by atoms with Gasteiger partial charge in [0.05, 0.1) is 11.0 Å². The van der Waals surface area contributed by atoms with Crippen molar-refractivity contribution < 1.29 is 8.83 Å². The van der Waals surface area contributed by atoms with Gasteiger partial charge in [-0.05, 0) is 102 Å². The van der Waals surface area contributed by atoms with Gasteiger partial charge in [0.25, 0.3) is 0 Å². The number of para-hydroxylation sites is 4. The highest BCUT2D eigenvalue weighted by atomic mass is 32.1. The molecule has 0 spiro atoms. The number of nitrogens with zero attached hydrogens (tertiary/aromatic N) is 3. The molecule has 5 nitrogen and oxygen atoms in total. The van der Waals surface area contributed by atoms with Crippen LogP contribution in [0.3, 0.4) is 0 Å². The van der Waals surface area contributed by atoms with Crippen LogP contribution in [0.4, 0.5) is 0 Å². The Balaban J connectivity index is 1.11. The zero-order valence-corrected chi connectivity index (χ0v) is 27.3. The van der Waals surface area contributed by atoms with E-state index in [0.29, 0.717) is 11.8 Å². The minimum Gasteiger partial charge on any atom is -0.436 e. The van der Waals surface area contributed by atoms with Gasteiger partial charge in [0.15, 0.2) is 11.2 Å². The van der Waals surface area contributed by atoms with E-state index in [2.05, 4.69) is 108 Å². The SMILES string of the molecule is c1cc(-c2ccc3sc4ccccc4c3c2)cc(-n2c3ccc(-c4nc5ccccc5o4)cc3c3cc(-c4nc5ccccc5o4)ccc32)c1. The molecule has 4 heterocycles. The lowest BCUT2D eigenvalue weighted by Gasteiger charge is -2.11. The molecule has 234 valence electrons. The van der Waals surface area contributed by atoms with Crippen LogP contribution in [0.1, 0.15) is 0 Å². The van der Waals surface area contributed by atoms with Crippen molar-refractivity contribution in [1.29, 1.82) is 0 Å². The largest absolute Gasteiger partial charge is 0.436 e. The molecule has 0 N–H and O–H groups in total. The Hall–Kier alpha value is -6.50. The second kappa shape index (κ2) is 10.5. The van der Waals surface area contributed by atoms with Gasteiger partial charge in [-0.25, -0.2) is 9.97 Å². The monoisotopic (exact) mass is 659 g/mol. The molecule has 0 aliphatic heterocycles. The quantitative estimate of drug-likeness (QED) is 0.189. The lowest BCUT2D eigenvalue weighted by atomic mass is 10.0. The Kier molecular flexibility index (Phi) is 5.76. The third kappa shape index (κ3) is 4.19. The summed E-state index contributed by atoms with van der Waals surface area (Å²) in [5.41, 5.74) is 10.7. The Bertz CT molecular complexity index is 2930. The molecule has 11 rings (SSSR count). The Labute approximate surface area is 289 Å². The number of benzene rings is 7. The van der Waals surface area contributed by atoms with E-state index in [1.54, 1.807) is 0 Å². The zero-order chi connectivity index (χ0) is 32.8. The summed E-state index contributed by atoms with van der Waals surface area (Å²) >= 11 is 1.84. The summed E-state index contributed by atoms with van der Waals surface area (Å²) in [6.45, 7) is 0. The third-order valence-corrected chi connectivity index (χ3v) is 10.8. The number of fused-ring (bicyclic) bond motifs is 8. The number of aromatic nitrogens is 3. The second-order valence-corrected chi connectivity index (χ2v) is 13.7. The summed E-state index contributed by atoms with van der Waals surface area (Å²) in [7, 11) is 0. The second-order valence-electron chi connectivity index (χ2n) is 12.6. The van der Waals surface area contributed by atoms with Crippen LogP contribution in [0.25, 0.3) is 104 Å². The molecule has 0 atom stereocenters. The zero-order valence-electron chi connectivity index (χ0n) is 26.5. The smallest absolute Gasteiger partial charge is 0.227 e. The molecule has 11 aromatic rings. The molecule has 0 unspecified atom stereocenters. The fourth-order valence-corrected chi connectivity index (χ4v) is 8.38. The number of oxazole rings is 2. The van der Waals surface area contributed by atoms with Gasteiger partial charge >= 0.3 is 0 Å². The van der Waals surface area contributed by atoms with Crippen LogP contribution in [0.2, 0.25) is 0 Å². The minimum atomic E-state index is 0.599. The van der Waals surface area contributed by atoms with E-state index in [1.807, 2.05) is 59.9 Å². The Morgan fingerprint density at radius 3 is 1.66 bits per heavy atom. The van der Waals surface area contributed by atoms with Crippen molar-refractivity contribution in [2.24, 2.45) is 0 Å². The summed E-state index contributed by atoms with van der Waals surface area (Å²) in [4.78, 5) is 9.62. The van der Waals surface area contributed by atoms with Crippen LogP contribution in [0, 0.1) is 0 Å². The molecule has 0 amide bonds. The van der Waals surface area contributed by atoms with E-state index >= 15 is 0 Å². The van der Waals surface area contributed by atoms with Gasteiger partial charge in [-0.3, -0.25) is 0 Å². The van der Waals surface area contributed by atoms with Crippen molar-refractivity contribution in [1.82, 2.24) is 14.5 Å². The highest BCUT2D eigenvalue weighted by Crippen LogP contribution is 2.40. The molecule has 0 bridgehead atoms. The minimum absolute atomic E-state index is 0.599. The highest BCUT2D eigenvalue weighted by Gasteiger charge is 2.18. The van der Waals surface area contributed by atoms with Gasteiger partial charge < -0.3 is 13.4 Å². The van der Waals surface area contributed by atoms with Crippen molar-refractivity contribution in [2.75, 3.05) is 0 Å². The van der Waals surface area contributed by atoms with Gasteiger partial charge in [-0.2, -0.15) is 0 Å². The maximum atomic E-state index is 6.21. The molecular formula is C44H25N3O2S. The maximum Gasteiger partial charge on any atom is 0.227 e. The first-order valence-electron chi connectivity index (χ1n) is 16.6.